The predicted molar refractivity (Wildman–Crippen MR) is 109 cm³/mol. The molecule has 0 spiro atoms. The molecular weight excluding hydrogens is 338 g/mol. The molecule has 27 heavy (non-hydrogen) atoms. The minimum absolute atomic E-state index is 0.0909. The Hall–Kier alpha value is -2.79. The van der Waals surface area contributed by atoms with Gasteiger partial charge in [-0.2, -0.15) is 0 Å². The van der Waals surface area contributed by atoms with Gasteiger partial charge in [-0.3, -0.25) is 4.79 Å². The van der Waals surface area contributed by atoms with Gasteiger partial charge >= 0.3 is 0 Å². The maximum atomic E-state index is 11.9. The van der Waals surface area contributed by atoms with Crippen LogP contribution < -0.4 is 0 Å². The molecule has 2 aromatic carbocycles. The highest BCUT2D eigenvalue weighted by atomic mass is 16.3. The fourth-order valence-corrected chi connectivity index (χ4v) is 4.22. The third kappa shape index (κ3) is 2.98. The number of hydrogen-bond acceptors (Lipinski definition) is 3. The Morgan fingerprint density at radius 3 is 2.19 bits per heavy atom. The second-order valence-electron chi connectivity index (χ2n) is 7.31. The van der Waals surface area contributed by atoms with Crippen molar-refractivity contribution in [2.75, 3.05) is 6.54 Å². The van der Waals surface area contributed by atoms with E-state index < -0.39 is 6.10 Å². The van der Waals surface area contributed by atoms with Crippen LogP contribution in [0.15, 0.2) is 53.6 Å². The number of nitrogens with zero attached hydrogens (tertiary/aromatic N) is 3. The molecule has 0 saturated carbocycles. The molecule has 4 rings (SSSR count). The zero-order valence-corrected chi connectivity index (χ0v) is 15.9. The average molecular weight is 362 g/mol. The first-order valence-corrected chi connectivity index (χ1v) is 9.28. The van der Waals surface area contributed by atoms with Crippen LogP contribution in [0, 0.1) is 5.92 Å². The van der Waals surface area contributed by atoms with E-state index in [1.165, 1.54) is 10.8 Å². The number of benzene rings is 2. The van der Waals surface area contributed by atoms with Crippen molar-refractivity contribution in [3.63, 3.8) is 0 Å². The first kappa shape index (κ1) is 17.6. The van der Waals surface area contributed by atoms with Gasteiger partial charge in [0, 0.05) is 28.7 Å². The van der Waals surface area contributed by atoms with Crippen LogP contribution in [0.1, 0.15) is 20.8 Å². The van der Waals surface area contributed by atoms with Crippen molar-refractivity contribution in [2.45, 2.75) is 33.4 Å². The largest absolute Gasteiger partial charge is 0.385 e. The maximum absolute atomic E-state index is 11.9. The van der Waals surface area contributed by atoms with Crippen LogP contribution in [0.2, 0.25) is 0 Å². The minimum atomic E-state index is -0.610. The second kappa shape index (κ2) is 6.74. The number of carbonyl (C=O) groups excluding carboxylic acids is 1. The lowest BCUT2D eigenvalue weighted by atomic mass is 9.96. The summed E-state index contributed by atoms with van der Waals surface area (Å²) >= 11 is 0. The van der Waals surface area contributed by atoms with Gasteiger partial charge in [0.15, 0.2) is 5.71 Å². The highest BCUT2D eigenvalue weighted by molar-refractivity contribution is 6.20. The van der Waals surface area contributed by atoms with Gasteiger partial charge in [0.2, 0.25) is 6.54 Å². The number of ketones is 1. The zero-order chi connectivity index (χ0) is 19.1. The van der Waals surface area contributed by atoms with E-state index in [1.807, 2.05) is 38.1 Å². The maximum Gasteiger partial charge on any atom is 0.201 e. The summed E-state index contributed by atoms with van der Waals surface area (Å²) in [7, 11) is 0. The molecule has 1 aromatic heterocycles. The van der Waals surface area contributed by atoms with E-state index in [2.05, 4.69) is 33.9 Å². The number of hydrazone groups is 1. The number of aliphatic hydroxyl groups is 1. The summed E-state index contributed by atoms with van der Waals surface area (Å²) < 4.78 is 3.94. The van der Waals surface area contributed by atoms with Gasteiger partial charge in [-0.05, 0) is 31.1 Å². The van der Waals surface area contributed by atoms with Crippen LogP contribution in [0.25, 0.3) is 21.8 Å². The lowest BCUT2D eigenvalue weighted by Gasteiger charge is -2.11. The Bertz CT molecular complexity index is 1050. The van der Waals surface area contributed by atoms with E-state index in [9.17, 15) is 9.90 Å². The Labute approximate surface area is 158 Å². The number of Topliss-reactive ketones (excluding diaryl/α,β-unsaturated/α-hetero) is 1. The van der Waals surface area contributed by atoms with Crippen molar-refractivity contribution in [2.24, 2.45) is 11.0 Å². The monoisotopic (exact) mass is 362 g/mol. The molecule has 0 aliphatic carbocycles. The molecule has 2 unspecified atom stereocenters. The van der Waals surface area contributed by atoms with Crippen LogP contribution in [0.5, 0.6) is 0 Å². The SMILES string of the molecule is CC(=O)C1C(C)=N[N+](CC(O)Cn2c3ccccc3c3ccccc32)=C1C. The number of aromatic nitrogens is 1. The van der Waals surface area contributed by atoms with Gasteiger partial charge in [0.05, 0.1) is 6.54 Å². The molecule has 1 N–H and O–H groups in total. The molecule has 0 radical (unpaired) electrons. The van der Waals surface area contributed by atoms with Crippen molar-refractivity contribution < 1.29 is 14.6 Å². The van der Waals surface area contributed by atoms with Gasteiger partial charge in [-0.1, -0.05) is 41.1 Å². The van der Waals surface area contributed by atoms with Gasteiger partial charge in [-0.15, -0.1) is 0 Å². The summed E-state index contributed by atoms with van der Waals surface area (Å²) in [5.41, 5.74) is 3.91. The molecule has 0 fully saturated rings. The van der Waals surface area contributed by atoms with Gasteiger partial charge in [0.1, 0.15) is 23.5 Å². The second-order valence-corrected chi connectivity index (χ2v) is 7.31. The number of carbonyl (C=O) groups is 1. The molecule has 5 heteroatoms. The Kier molecular flexibility index (Phi) is 4.40. The van der Waals surface area contributed by atoms with Crippen LogP contribution >= 0.6 is 0 Å². The van der Waals surface area contributed by atoms with Crippen molar-refractivity contribution in [3.05, 3.63) is 48.5 Å². The fraction of sp³-hybridized carbons (Fsp3) is 0.318. The topological polar surface area (TPSA) is 57.6 Å². The molecule has 3 aromatic rings. The van der Waals surface area contributed by atoms with E-state index in [1.54, 1.807) is 11.6 Å². The number of hydrogen-bond donors (Lipinski definition) is 1. The number of β-amino-alcohol motifs (C(OH)–C–C–N with tert-alkyl or cyclic N) is 1. The smallest absolute Gasteiger partial charge is 0.201 e. The minimum Gasteiger partial charge on any atom is -0.385 e. The van der Waals surface area contributed by atoms with E-state index in [4.69, 9.17) is 0 Å². The standard InChI is InChI=1S/C22H24N3O2/c1-14-22(16(3)26)15(2)25(23-14)13-17(27)12-24-20-10-6-4-8-18(20)19-9-5-7-11-21(19)24/h4-11,17,22,27H,12-13H2,1-3H3/q+1. The zero-order valence-electron chi connectivity index (χ0n) is 15.9. The molecule has 0 bridgehead atoms. The Balaban J connectivity index is 1.66. The molecule has 2 atom stereocenters. The Morgan fingerprint density at radius 2 is 1.67 bits per heavy atom. The molecule has 1 aliphatic heterocycles. The third-order valence-electron chi connectivity index (χ3n) is 5.38. The van der Waals surface area contributed by atoms with Gasteiger partial charge in [0.25, 0.3) is 0 Å². The van der Waals surface area contributed by atoms with Crippen LogP contribution in [0.4, 0.5) is 0 Å². The van der Waals surface area contributed by atoms with Crippen molar-refractivity contribution in [3.8, 4) is 0 Å². The summed E-state index contributed by atoms with van der Waals surface area (Å²) in [4.78, 5) is 11.9. The van der Waals surface area contributed by atoms with E-state index in [-0.39, 0.29) is 11.7 Å². The fourth-order valence-electron chi connectivity index (χ4n) is 4.22. The predicted octanol–water partition coefficient (Wildman–Crippen LogP) is 3.22. The van der Waals surface area contributed by atoms with Gasteiger partial charge in [-0.25, -0.2) is 0 Å². The summed E-state index contributed by atoms with van der Waals surface area (Å²) in [6.07, 6.45) is -0.610. The third-order valence-corrected chi connectivity index (χ3v) is 5.38. The summed E-state index contributed by atoms with van der Waals surface area (Å²) in [6, 6.07) is 16.5. The van der Waals surface area contributed by atoms with Crippen LogP contribution in [-0.2, 0) is 11.3 Å². The Morgan fingerprint density at radius 1 is 1.11 bits per heavy atom. The van der Waals surface area contributed by atoms with Crippen LogP contribution in [0.3, 0.4) is 0 Å². The molecule has 0 saturated heterocycles. The molecule has 0 amide bonds. The highest BCUT2D eigenvalue weighted by Crippen LogP contribution is 2.29. The van der Waals surface area contributed by atoms with Crippen molar-refractivity contribution in [1.29, 1.82) is 0 Å². The van der Waals surface area contributed by atoms with Crippen LogP contribution in [-0.4, -0.2) is 44.2 Å². The number of aliphatic hydroxyl groups excluding tert-OH is 1. The molecule has 5 nitrogen and oxygen atoms in total. The molecule has 2 heterocycles. The summed E-state index contributed by atoms with van der Waals surface area (Å²) in [6.45, 7) is 6.21. The summed E-state index contributed by atoms with van der Waals surface area (Å²) in [5.74, 6) is -0.168. The van der Waals surface area contributed by atoms with E-state index in [0.29, 0.717) is 13.1 Å². The number of para-hydroxylation sites is 2. The first-order valence-electron chi connectivity index (χ1n) is 9.28. The summed E-state index contributed by atoms with van der Waals surface area (Å²) in [5, 5.41) is 17.7. The van der Waals surface area contributed by atoms with E-state index in [0.717, 1.165) is 22.5 Å². The quantitative estimate of drug-likeness (QED) is 0.709. The lowest BCUT2D eigenvalue weighted by Crippen LogP contribution is -2.30. The molecular formula is C22H24N3O2+. The number of fused-ring (bicyclic) bond motifs is 3. The van der Waals surface area contributed by atoms with Gasteiger partial charge < -0.3 is 9.67 Å². The average Bonchev–Trinajstić information content (AvgIpc) is 3.10. The lowest BCUT2D eigenvalue weighted by molar-refractivity contribution is -0.540. The first-order chi connectivity index (χ1) is 13.0. The molecule has 1 aliphatic rings. The van der Waals surface area contributed by atoms with E-state index >= 15 is 0 Å². The van der Waals surface area contributed by atoms with Crippen molar-refractivity contribution in [1.82, 2.24) is 4.57 Å². The number of rotatable bonds is 5. The normalized spacial score (nSPS) is 18.4. The van der Waals surface area contributed by atoms with Crippen molar-refractivity contribution >= 4 is 39.0 Å². The highest BCUT2D eigenvalue weighted by Gasteiger charge is 2.36. The molecule has 138 valence electrons.